The maximum Gasteiger partial charge on any atom is 0.397 e. The summed E-state index contributed by atoms with van der Waals surface area (Å²) in [5.41, 5.74) is 0. The van der Waals surface area contributed by atoms with Gasteiger partial charge in [-0.2, -0.15) is 25.3 Å². The third-order valence-electron chi connectivity index (χ3n) is 14.2. The number of ether oxygens (including phenoxy) is 11. The van der Waals surface area contributed by atoms with E-state index in [1.807, 2.05) is 0 Å². The Morgan fingerprint density at radius 2 is 0.614 bits per heavy atom. The van der Waals surface area contributed by atoms with E-state index in [2.05, 4.69) is 28.5 Å². The second-order valence-corrected chi connectivity index (χ2v) is 23.8. The zero-order valence-corrected chi connectivity index (χ0v) is 48.2. The Labute approximate surface area is 497 Å². The Kier molecular flexibility index (Phi) is 26.0. The number of hydrogen-bond acceptors (Lipinski definition) is 37. The first-order chi connectivity index (χ1) is 40.9. The van der Waals surface area contributed by atoms with Gasteiger partial charge in [-0.3, -0.25) is 28.0 Å². The molecule has 88 heavy (non-hydrogen) atoms. The van der Waals surface area contributed by atoms with Gasteiger partial charge in [0.2, 0.25) is 17.7 Å². The van der Waals surface area contributed by atoms with Crippen LogP contribution in [-0.2, 0) is 110 Å². The Bertz CT molecular complexity index is 2660. The number of carbonyl (C=O) groups is 3. The first-order valence-electron chi connectivity index (χ1n) is 26.1. The topological polar surface area (TPSA) is 663 Å². The molecule has 0 aliphatic carbocycles. The van der Waals surface area contributed by atoms with Gasteiger partial charge in [0.25, 0.3) is 0 Å². The van der Waals surface area contributed by atoms with E-state index in [0.717, 1.165) is 20.8 Å². The van der Waals surface area contributed by atoms with Crippen LogP contribution in [0.15, 0.2) is 0 Å². The van der Waals surface area contributed by atoms with Crippen molar-refractivity contribution in [3.63, 3.8) is 0 Å². The summed E-state index contributed by atoms with van der Waals surface area (Å²) < 4.78 is 174. The summed E-state index contributed by atoms with van der Waals surface area (Å²) in [6, 6.07) is -5.76. The van der Waals surface area contributed by atoms with Crippen molar-refractivity contribution in [2.24, 2.45) is 0 Å². The zero-order valence-electron chi connectivity index (χ0n) is 45.8. The molecule has 512 valence electrons. The second kappa shape index (κ2) is 30.8. The van der Waals surface area contributed by atoms with Crippen molar-refractivity contribution in [2.45, 2.75) is 205 Å². The van der Waals surface area contributed by atoms with E-state index in [0.29, 0.717) is 0 Å². The van der Waals surface area contributed by atoms with Gasteiger partial charge in [0.05, 0.1) is 39.6 Å². The number of hydrogen-bond donors (Lipinski definition) is 20. The molecule has 6 heterocycles. The molecule has 20 N–H and O–H groups in total. The molecule has 0 saturated carbocycles. The fraction of sp³-hybridized carbons (Fsp3) is 0.929. The van der Waals surface area contributed by atoms with Gasteiger partial charge in [0, 0.05) is 20.8 Å². The lowest BCUT2D eigenvalue weighted by Crippen LogP contribution is -2.71. The van der Waals surface area contributed by atoms with Crippen molar-refractivity contribution in [1.82, 2.24) is 16.0 Å². The predicted octanol–water partition coefficient (Wildman–Crippen LogP) is -14.2. The minimum atomic E-state index is -5.51. The van der Waals surface area contributed by atoms with Gasteiger partial charge in [-0.15, -0.1) is 0 Å². The first kappa shape index (κ1) is 74.1. The molecule has 0 bridgehead atoms. The summed E-state index contributed by atoms with van der Waals surface area (Å²) >= 11 is 0. The van der Waals surface area contributed by atoms with Crippen molar-refractivity contribution in [2.75, 3.05) is 39.6 Å². The summed E-state index contributed by atoms with van der Waals surface area (Å²) in [4.78, 5) is 37.7. The van der Waals surface area contributed by atoms with Crippen LogP contribution in [0.1, 0.15) is 20.8 Å². The highest BCUT2D eigenvalue weighted by atomic mass is 32.3. The Morgan fingerprint density at radius 1 is 0.341 bits per heavy atom. The third-order valence-corrected chi connectivity index (χ3v) is 15.5. The molecule has 6 saturated heterocycles. The summed E-state index contributed by atoms with van der Waals surface area (Å²) in [5.74, 6) is -2.90. The molecule has 6 fully saturated rings. The van der Waals surface area contributed by atoms with Crippen molar-refractivity contribution >= 4 is 48.9 Å². The molecule has 43 nitrogen and oxygen atoms in total. The SMILES string of the molecule is CC(=O)N[C@H]1[C@H](O[C@H]2[C@H](O)[C@@H](O)[C@H](O[C@H]3[C@H](O)[C@@H](CO)O[C@@H](O[C@H]4[C@H](O)[C@@H](O)[C@H](O[C@H]5[C@H](O)[C@@H](CO)O[C@@H](O)[C@H]5NC(C)=O)O[C@@H]4COS(=O)(=O)O)[C@@H]3NC(C)=O)O[C@@H]2COS(=O)(=O)O)O[C@H](CO)[C@@H](O)[C@@H]1O[C@@H]1O[C@H](COS(=O)(=O)O)[C@@H](O)[C@H](O)[C@H]1O. The summed E-state index contributed by atoms with van der Waals surface area (Å²) in [5, 5.41) is 161. The fourth-order valence-corrected chi connectivity index (χ4v) is 11.1. The minimum Gasteiger partial charge on any atom is -0.394 e. The van der Waals surface area contributed by atoms with Crippen LogP contribution in [0.5, 0.6) is 0 Å². The average Bonchev–Trinajstić information content (AvgIpc) is 2.36. The zero-order chi connectivity index (χ0) is 65.8. The van der Waals surface area contributed by atoms with Gasteiger partial charge in [0.15, 0.2) is 37.7 Å². The van der Waals surface area contributed by atoms with Gasteiger partial charge in [-0.05, 0) is 0 Å². The monoisotopic (exact) mass is 1350 g/mol. The smallest absolute Gasteiger partial charge is 0.394 e. The number of amides is 3. The van der Waals surface area contributed by atoms with Crippen LogP contribution in [0.2, 0.25) is 0 Å². The standard InChI is InChI=1S/C42H71N3O40S3/c1-10(49)43-19-34(23(53)13(4-46)75-37(19)62)83-41-30(60)27(57)32(17(79-41)8-73-87(66,67)68)81-39-21(45-12(3)51)36(25(55)15(6-48)77-39)85-42-31(61)28(58)33(18(80-42)9-74-88(69,70)71)82-38-20(44-11(2)50)35(24(54)14(5-47)76-38)84-40-29(59)26(56)22(52)16(78-40)7-72-86(63,64)65/h13-42,46-48,52-62H,4-9H2,1-3H3,(H,43,49)(H,44,50)(H,45,51)(H,63,64,65)(H,66,67,68)(H,69,70,71)/t13-,14-,15-,16-,17-,18-,19+,20-,21-,22-,23-,24-,25-,26+,27-,28-,29-,30-,31-,32-,33-,34-,35-,36-,37-,38+,39+,40+,41+,42+/m1/s1. The van der Waals surface area contributed by atoms with Gasteiger partial charge < -0.3 is 140 Å². The van der Waals surface area contributed by atoms with Crippen LogP contribution < -0.4 is 16.0 Å². The van der Waals surface area contributed by atoms with E-state index in [-0.39, 0.29) is 0 Å². The second-order valence-electron chi connectivity index (χ2n) is 20.6. The van der Waals surface area contributed by atoms with E-state index in [1.54, 1.807) is 0 Å². The molecule has 0 aromatic rings. The largest absolute Gasteiger partial charge is 0.397 e. The molecule has 0 radical (unpaired) electrons. The van der Waals surface area contributed by atoms with Gasteiger partial charge >= 0.3 is 31.2 Å². The molecule has 0 aromatic carbocycles. The molecule has 3 amide bonds. The van der Waals surface area contributed by atoms with Crippen LogP contribution in [0.4, 0.5) is 0 Å². The molecule has 0 unspecified atom stereocenters. The molecule has 6 rings (SSSR count). The normalized spacial score (nSPS) is 43.8. The average molecular weight is 1350 g/mol. The highest BCUT2D eigenvalue weighted by Gasteiger charge is 2.59. The van der Waals surface area contributed by atoms with Crippen LogP contribution >= 0.6 is 0 Å². The van der Waals surface area contributed by atoms with E-state index >= 15 is 0 Å². The molecular weight excluding hydrogens is 1280 g/mol. The predicted molar refractivity (Wildman–Crippen MR) is 265 cm³/mol. The first-order valence-corrected chi connectivity index (χ1v) is 30.2. The number of rotatable bonds is 25. The molecular formula is C42H71N3O40S3. The van der Waals surface area contributed by atoms with Gasteiger partial charge in [-0.25, -0.2) is 12.5 Å². The summed E-state index contributed by atoms with van der Waals surface area (Å²) in [6.45, 7) is -4.69. The lowest BCUT2D eigenvalue weighted by molar-refractivity contribution is -0.382. The fourth-order valence-electron chi connectivity index (χ4n) is 10.1. The van der Waals surface area contributed by atoms with E-state index in [1.165, 1.54) is 0 Å². The van der Waals surface area contributed by atoms with Crippen LogP contribution in [0.3, 0.4) is 0 Å². The van der Waals surface area contributed by atoms with Crippen molar-refractivity contribution in [3.8, 4) is 0 Å². The molecule has 6 aliphatic heterocycles. The van der Waals surface area contributed by atoms with Crippen molar-refractivity contribution in [1.29, 1.82) is 0 Å². The Hall–Kier alpha value is -2.98. The number of carbonyl (C=O) groups excluding carboxylic acids is 3. The highest BCUT2D eigenvalue weighted by Crippen LogP contribution is 2.37. The van der Waals surface area contributed by atoms with E-state index in [9.17, 15) is 120 Å². The Morgan fingerprint density at radius 3 is 0.943 bits per heavy atom. The van der Waals surface area contributed by atoms with Crippen LogP contribution in [0, 0.1) is 0 Å². The molecule has 0 aromatic heterocycles. The van der Waals surface area contributed by atoms with Gasteiger partial charge in [0.1, 0.15) is 146 Å². The van der Waals surface area contributed by atoms with E-state index < -0.39 is 273 Å². The number of aliphatic hydroxyl groups is 14. The molecule has 30 atom stereocenters. The number of nitrogens with one attached hydrogen (secondary N) is 3. The maximum atomic E-state index is 12.9. The third kappa shape index (κ3) is 18.7. The van der Waals surface area contributed by atoms with E-state index in [4.69, 9.17) is 56.7 Å². The van der Waals surface area contributed by atoms with Crippen LogP contribution in [0.25, 0.3) is 0 Å². The molecule has 6 aliphatic rings. The number of aliphatic hydroxyl groups excluding tert-OH is 14. The highest BCUT2D eigenvalue weighted by molar-refractivity contribution is 7.81. The lowest BCUT2D eigenvalue weighted by Gasteiger charge is -2.51. The molecule has 46 heteroatoms. The Balaban J connectivity index is 1.30. The summed E-state index contributed by atoms with van der Waals surface area (Å²) in [6.07, 6.45) is -58.9. The maximum absolute atomic E-state index is 12.9. The quantitative estimate of drug-likeness (QED) is 0.0377. The van der Waals surface area contributed by atoms with Crippen molar-refractivity contribution in [3.05, 3.63) is 0 Å². The van der Waals surface area contributed by atoms with Crippen LogP contribution in [-0.4, -0.2) is 352 Å². The van der Waals surface area contributed by atoms with Crippen molar-refractivity contribution < 1.29 is 189 Å². The lowest BCUT2D eigenvalue weighted by atomic mass is 9.93. The van der Waals surface area contributed by atoms with Gasteiger partial charge in [-0.1, -0.05) is 0 Å². The summed E-state index contributed by atoms with van der Waals surface area (Å²) in [7, 11) is -16.2. The molecule has 0 spiro atoms. The minimum absolute atomic E-state index is 0.839.